The molecule has 0 saturated carbocycles. The lowest BCUT2D eigenvalue weighted by atomic mass is 9.94. The molecule has 1 aliphatic heterocycles. The minimum Gasteiger partial charge on any atom is -0.494 e. The Morgan fingerprint density at radius 3 is 2.57 bits per heavy atom. The molecule has 266 valence electrons. The number of halogens is 1. The number of rotatable bonds is 19. The van der Waals surface area contributed by atoms with E-state index in [0.29, 0.717) is 58.3 Å². The van der Waals surface area contributed by atoms with Crippen LogP contribution >= 0.6 is 0 Å². The highest BCUT2D eigenvalue weighted by atomic mass is 19.1. The van der Waals surface area contributed by atoms with Crippen molar-refractivity contribution in [2.24, 2.45) is 17.1 Å². The molecule has 0 saturated heterocycles. The van der Waals surface area contributed by atoms with Gasteiger partial charge in [-0.1, -0.05) is 52.8 Å². The molecular weight excluding hydrogens is 599 g/mol. The van der Waals surface area contributed by atoms with Crippen molar-refractivity contribution in [3.8, 4) is 5.75 Å². The number of carbonyl (C=O) groups excluding carboxylic acids is 2. The molecule has 1 aromatic carbocycles. The van der Waals surface area contributed by atoms with Crippen LogP contribution < -0.4 is 21.1 Å². The third-order valence-electron chi connectivity index (χ3n) is 7.59. The van der Waals surface area contributed by atoms with Crippen LogP contribution in [0.2, 0.25) is 0 Å². The molecule has 1 unspecified atom stereocenters. The Balaban J connectivity index is 0.000000851. The number of aryl methyl sites for hydroxylation is 2. The smallest absolute Gasteiger partial charge is 0.221 e. The number of aromatic nitrogens is 1. The minimum absolute atomic E-state index is 0.0320. The SMILES string of the molecule is CC.CC(CN)COCC(C)(C)CNC(=O)CCN(C)CCN(C=O)CCCc1ccc2c(n1)NCCC2.COc1ccccc1F. The van der Waals surface area contributed by atoms with Crippen molar-refractivity contribution < 1.29 is 23.5 Å². The van der Waals surface area contributed by atoms with E-state index < -0.39 is 0 Å². The van der Waals surface area contributed by atoms with Gasteiger partial charge in [-0.2, -0.15) is 0 Å². The quantitative estimate of drug-likeness (QED) is 0.184. The molecule has 2 heterocycles. The predicted molar refractivity (Wildman–Crippen MR) is 189 cm³/mol. The summed E-state index contributed by atoms with van der Waals surface area (Å²) in [6.45, 7) is 16.3. The molecule has 4 N–H and O–H groups in total. The molecular formula is C36H61FN6O4. The summed E-state index contributed by atoms with van der Waals surface area (Å²) in [5, 5.41) is 6.40. The van der Waals surface area contributed by atoms with E-state index in [2.05, 4.69) is 53.2 Å². The fraction of sp³-hybridized carbons (Fsp3) is 0.639. The van der Waals surface area contributed by atoms with Crippen molar-refractivity contribution in [1.29, 1.82) is 0 Å². The predicted octanol–water partition coefficient (Wildman–Crippen LogP) is 4.77. The number of nitrogens with two attached hydrogens (primary N) is 1. The third-order valence-corrected chi connectivity index (χ3v) is 7.59. The van der Waals surface area contributed by atoms with Gasteiger partial charge in [0, 0.05) is 56.8 Å². The summed E-state index contributed by atoms with van der Waals surface area (Å²) in [6, 6.07) is 10.6. The van der Waals surface area contributed by atoms with E-state index in [0.717, 1.165) is 56.7 Å². The number of para-hydroxylation sites is 1. The summed E-state index contributed by atoms with van der Waals surface area (Å²) in [5.74, 6) is 1.36. The van der Waals surface area contributed by atoms with Crippen molar-refractivity contribution in [3.05, 3.63) is 53.5 Å². The van der Waals surface area contributed by atoms with Crippen molar-refractivity contribution in [2.45, 2.75) is 66.7 Å². The summed E-state index contributed by atoms with van der Waals surface area (Å²) >= 11 is 0. The van der Waals surface area contributed by atoms with Crippen LogP contribution in [0.4, 0.5) is 10.2 Å². The number of amides is 2. The Labute approximate surface area is 283 Å². The zero-order chi connectivity index (χ0) is 35.1. The van der Waals surface area contributed by atoms with Gasteiger partial charge >= 0.3 is 0 Å². The van der Waals surface area contributed by atoms with Crippen LogP contribution in [0.1, 0.15) is 65.1 Å². The second kappa shape index (κ2) is 23.9. The number of hydrogen-bond donors (Lipinski definition) is 3. The lowest BCUT2D eigenvalue weighted by Crippen LogP contribution is -2.39. The third kappa shape index (κ3) is 18.0. The van der Waals surface area contributed by atoms with Gasteiger partial charge in [0.25, 0.3) is 0 Å². The maximum Gasteiger partial charge on any atom is 0.221 e. The second-order valence-corrected chi connectivity index (χ2v) is 12.6. The van der Waals surface area contributed by atoms with Gasteiger partial charge in [-0.05, 0) is 69.0 Å². The van der Waals surface area contributed by atoms with Crippen LogP contribution in [-0.4, -0.2) is 100 Å². The molecule has 0 radical (unpaired) electrons. The van der Waals surface area contributed by atoms with Crippen LogP contribution in [0.5, 0.6) is 5.75 Å². The summed E-state index contributed by atoms with van der Waals surface area (Å²) in [4.78, 5) is 32.5. The zero-order valence-electron chi connectivity index (χ0n) is 29.9. The highest BCUT2D eigenvalue weighted by Crippen LogP contribution is 2.20. The average molecular weight is 661 g/mol. The number of hydrogen-bond acceptors (Lipinski definition) is 8. The first-order chi connectivity index (χ1) is 22.6. The molecule has 2 amide bonds. The molecule has 0 fully saturated rings. The fourth-order valence-electron chi connectivity index (χ4n) is 4.58. The maximum atomic E-state index is 12.5. The Hall–Kier alpha value is -3.28. The first-order valence-electron chi connectivity index (χ1n) is 17.0. The average Bonchev–Trinajstić information content (AvgIpc) is 3.09. The highest BCUT2D eigenvalue weighted by molar-refractivity contribution is 5.76. The molecule has 11 heteroatoms. The number of methoxy groups -OCH3 is 1. The first-order valence-corrected chi connectivity index (χ1v) is 17.0. The molecule has 0 spiro atoms. The monoisotopic (exact) mass is 660 g/mol. The van der Waals surface area contributed by atoms with E-state index in [1.54, 1.807) is 23.1 Å². The van der Waals surface area contributed by atoms with E-state index in [-0.39, 0.29) is 22.9 Å². The fourth-order valence-corrected chi connectivity index (χ4v) is 4.58. The van der Waals surface area contributed by atoms with E-state index >= 15 is 0 Å². The molecule has 2 aromatic rings. The topological polar surface area (TPSA) is 122 Å². The lowest BCUT2D eigenvalue weighted by Gasteiger charge is -2.26. The van der Waals surface area contributed by atoms with Crippen molar-refractivity contribution >= 4 is 18.1 Å². The lowest BCUT2D eigenvalue weighted by molar-refractivity contribution is -0.122. The summed E-state index contributed by atoms with van der Waals surface area (Å²) in [6.07, 6.45) is 5.32. The number of nitrogens with one attached hydrogen (secondary N) is 2. The van der Waals surface area contributed by atoms with Crippen LogP contribution in [0.25, 0.3) is 0 Å². The van der Waals surface area contributed by atoms with Gasteiger partial charge < -0.3 is 35.6 Å². The van der Waals surface area contributed by atoms with E-state index in [1.165, 1.54) is 18.7 Å². The molecule has 1 aromatic heterocycles. The van der Waals surface area contributed by atoms with Crippen LogP contribution in [-0.2, 0) is 27.2 Å². The van der Waals surface area contributed by atoms with Crippen LogP contribution in [0, 0.1) is 17.2 Å². The van der Waals surface area contributed by atoms with Gasteiger partial charge in [0.1, 0.15) is 5.82 Å². The number of carbonyl (C=O) groups is 2. The zero-order valence-corrected chi connectivity index (χ0v) is 29.9. The second-order valence-electron chi connectivity index (χ2n) is 12.6. The number of nitrogens with zero attached hydrogens (tertiary/aromatic N) is 3. The van der Waals surface area contributed by atoms with Gasteiger partial charge in [-0.3, -0.25) is 9.59 Å². The highest BCUT2D eigenvalue weighted by Gasteiger charge is 2.20. The normalized spacial score (nSPS) is 12.7. The number of benzene rings is 1. The van der Waals surface area contributed by atoms with E-state index in [4.69, 9.17) is 15.5 Å². The van der Waals surface area contributed by atoms with Crippen LogP contribution in [0.15, 0.2) is 36.4 Å². The largest absolute Gasteiger partial charge is 0.494 e. The Morgan fingerprint density at radius 1 is 1.17 bits per heavy atom. The number of fused-ring (bicyclic) bond motifs is 1. The Morgan fingerprint density at radius 2 is 1.91 bits per heavy atom. The number of anilines is 1. The molecule has 1 aliphatic rings. The Bertz CT molecular complexity index is 1150. The minimum atomic E-state index is -0.319. The first kappa shape index (κ1) is 41.7. The number of pyridine rings is 1. The van der Waals surface area contributed by atoms with Crippen molar-refractivity contribution in [3.63, 3.8) is 0 Å². The molecule has 10 nitrogen and oxygen atoms in total. The molecule has 0 bridgehead atoms. The number of ether oxygens (including phenoxy) is 2. The standard InChI is InChI=1S/C27H48N6O3.C7H7FO.C2H6/c1-22(17-28)18-36-20-27(2,3)19-30-25(35)11-14-32(4)15-16-33(21-34)13-6-8-24-10-9-23-7-5-12-29-26(23)31-24;1-9-7-5-3-2-4-6(7)8;1-2/h9-10,21-22H,5-8,11-20,28H2,1-4H3,(H,29,31)(H,30,35);2-5H,1H3;1-2H3. The van der Waals surface area contributed by atoms with Crippen molar-refractivity contribution in [2.75, 3.05) is 78.5 Å². The van der Waals surface area contributed by atoms with Gasteiger partial charge in [0.2, 0.25) is 12.3 Å². The van der Waals surface area contributed by atoms with Crippen LogP contribution in [0.3, 0.4) is 0 Å². The molecule has 0 aliphatic carbocycles. The Kier molecular flexibility index (Phi) is 21.3. The molecule has 3 rings (SSSR count). The number of likely N-dealkylation sites (N-methyl/N-ethyl adjacent to an activating group) is 1. The summed E-state index contributed by atoms with van der Waals surface area (Å²) in [7, 11) is 3.43. The van der Waals surface area contributed by atoms with E-state index in [1.807, 2.05) is 20.9 Å². The van der Waals surface area contributed by atoms with Gasteiger partial charge in [-0.15, -0.1) is 0 Å². The van der Waals surface area contributed by atoms with Gasteiger partial charge in [-0.25, -0.2) is 9.37 Å². The summed E-state index contributed by atoms with van der Waals surface area (Å²) in [5.41, 5.74) is 7.85. The van der Waals surface area contributed by atoms with Gasteiger partial charge in [0.15, 0.2) is 11.6 Å². The maximum absolute atomic E-state index is 12.5. The van der Waals surface area contributed by atoms with Gasteiger partial charge in [0.05, 0.1) is 20.3 Å². The van der Waals surface area contributed by atoms with Crippen molar-refractivity contribution in [1.82, 2.24) is 20.1 Å². The summed E-state index contributed by atoms with van der Waals surface area (Å²) < 4.78 is 22.9. The molecule has 47 heavy (non-hydrogen) atoms. The molecule has 1 atom stereocenters. The van der Waals surface area contributed by atoms with E-state index in [9.17, 15) is 14.0 Å².